The summed E-state index contributed by atoms with van der Waals surface area (Å²) < 4.78 is 0. The Morgan fingerprint density at radius 2 is 2.11 bits per heavy atom. The zero-order valence-electron chi connectivity index (χ0n) is 11.0. The Labute approximate surface area is 113 Å². The number of unbranched alkanes of at least 4 members (excludes halogenated alkanes) is 1. The van der Waals surface area contributed by atoms with Crippen LogP contribution in [0, 0.1) is 6.92 Å². The molecular formula is C16H19NS. The minimum absolute atomic E-state index is 1.06. The van der Waals surface area contributed by atoms with Crippen molar-refractivity contribution in [3.8, 4) is 0 Å². The van der Waals surface area contributed by atoms with E-state index in [-0.39, 0.29) is 0 Å². The minimum atomic E-state index is 1.06. The minimum Gasteiger partial charge on any atom is -0.262 e. The van der Waals surface area contributed by atoms with Gasteiger partial charge >= 0.3 is 0 Å². The Balaban J connectivity index is 2.02. The van der Waals surface area contributed by atoms with Gasteiger partial charge in [-0.25, -0.2) is 0 Å². The standard InChI is InChI=1S/C16H19NS/c1-3-4-5-15-8-9-16(18-15)7-6-14-10-11-17-13(2)12-14/h6-12H,3-5H2,1-2H3/b7-6+. The van der Waals surface area contributed by atoms with Crippen LogP contribution in [0.1, 0.15) is 40.8 Å². The molecular weight excluding hydrogens is 238 g/mol. The van der Waals surface area contributed by atoms with Crippen LogP contribution in [0.4, 0.5) is 0 Å². The van der Waals surface area contributed by atoms with Crippen molar-refractivity contribution >= 4 is 23.5 Å². The van der Waals surface area contributed by atoms with Crippen LogP contribution in [0.5, 0.6) is 0 Å². The molecule has 0 fully saturated rings. The lowest BCUT2D eigenvalue weighted by Crippen LogP contribution is -1.79. The maximum atomic E-state index is 4.20. The predicted molar refractivity (Wildman–Crippen MR) is 80.8 cm³/mol. The first-order chi connectivity index (χ1) is 8.78. The molecule has 0 unspecified atom stereocenters. The van der Waals surface area contributed by atoms with Gasteiger partial charge in [0.2, 0.25) is 0 Å². The van der Waals surface area contributed by atoms with E-state index in [9.17, 15) is 0 Å². The number of nitrogens with zero attached hydrogens (tertiary/aromatic N) is 1. The van der Waals surface area contributed by atoms with Gasteiger partial charge in [-0.3, -0.25) is 4.98 Å². The fourth-order valence-electron chi connectivity index (χ4n) is 1.82. The average Bonchev–Trinajstić information content (AvgIpc) is 2.82. The number of aryl methyl sites for hydroxylation is 2. The van der Waals surface area contributed by atoms with Gasteiger partial charge in [-0.1, -0.05) is 19.4 Å². The van der Waals surface area contributed by atoms with Gasteiger partial charge < -0.3 is 0 Å². The molecule has 0 saturated carbocycles. The molecule has 0 bridgehead atoms. The monoisotopic (exact) mass is 257 g/mol. The van der Waals surface area contributed by atoms with Gasteiger partial charge in [0.25, 0.3) is 0 Å². The molecule has 0 spiro atoms. The van der Waals surface area contributed by atoms with Gasteiger partial charge in [0.15, 0.2) is 0 Å². The number of hydrogen-bond acceptors (Lipinski definition) is 2. The van der Waals surface area contributed by atoms with Crippen LogP contribution >= 0.6 is 11.3 Å². The normalized spacial score (nSPS) is 11.2. The lowest BCUT2D eigenvalue weighted by molar-refractivity contribution is 0.804. The molecule has 0 amide bonds. The van der Waals surface area contributed by atoms with E-state index in [1.54, 1.807) is 0 Å². The Kier molecular flexibility index (Phi) is 4.71. The van der Waals surface area contributed by atoms with Crippen LogP contribution in [0.2, 0.25) is 0 Å². The highest BCUT2D eigenvalue weighted by Crippen LogP contribution is 2.20. The second kappa shape index (κ2) is 6.50. The van der Waals surface area contributed by atoms with Crippen molar-refractivity contribution in [1.29, 1.82) is 0 Å². The fraction of sp³-hybridized carbons (Fsp3) is 0.312. The Morgan fingerprint density at radius 3 is 2.89 bits per heavy atom. The van der Waals surface area contributed by atoms with Gasteiger partial charge in [0, 0.05) is 21.6 Å². The first kappa shape index (κ1) is 13.0. The first-order valence-corrected chi connectivity index (χ1v) is 7.29. The Bertz CT molecular complexity index is 525. The second-order valence-electron chi connectivity index (χ2n) is 4.47. The maximum absolute atomic E-state index is 4.20. The summed E-state index contributed by atoms with van der Waals surface area (Å²) in [7, 11) is 0. The molecule has 2 rings (SSSR count). The quantitative estimate of drug-likeness (QED) is 0.737. The van der Waals surface area contributed by atoms with Crippen molar-refractivity contribution < 1.29 is 0 Å². The van der Waals surface area contributed by atoms with E-state index in [4.69, 9.17) is 0 Å². The van der Waals surface area contributed by atoms with E-state index in [2.05, 4.69) is 42.3 Å². The van der Waals surface area contributed by atoms with Gasteiger partial charge in [0.1, 0.15) is 0 Å². The molecule has 0 aliphatic carbocycles. The van der Waals surface area contributed by atoms with E-state index < -0.39 is 0 Å². The smallest absolute Gasteiger partial charge is 0.0378 e. The third kappa shape index (κ3) is 3.81. The summed E-state index contributed by atoms with van der Waals surface area (Å²) in [5.74, 6) is 0. The SMILES string of the molecule is CCCCc1ccc(/C=C/c2ccnc(C)c2)s1. The first-order valence-electron chi connectivity index (χ1n) is 6.47. The van der Waals surface area contributed by atoms with Gasteiger partial charge in [-0.15, -0.1) is 11.3 Å². The zero-order valence-corrected chi connectivity index (χ0v) is 11.8. The highest BCUT2D eigenvalue weighted by atomic mass is 32.1. The van der Waals surface area contributed by atoms with Crippen molar-refractivity contribution in [2.45, 2.75) is 33.1 Å². The molecule has 2 aromatic rings. The summed E-state index contributed by atoms with van der Waals surface area (Å²) in [4.78, 5) is 7.02. The predicted octanol–water partition coefficient (Wildman–Crippen LogP) is 4.96. The molecule has 2 aromatic heterocycles. The number of aromatic nitrogens is 1. The molecule has 0 atom stereocenters. The molecule has 0 aromatic carbocycles. The number of hydrogen-bond donors (Lipinski definition) is 0. The third-order valence-corrected chi connectivity index (χ3v) is 3.93. The topological polar surface area (TPSA) is 12.9 Å². The average molecular weight is 257 g/mol. The summed E-state index contributed by atoms with van der Waals surface area (Å²) >= 11 is 1.89. The lowest BCUT2D eigenvalue weighted by Gasteiger charge is -1.94. The summed E-state index contributed by atoms with van der Waals surface area (Å²) in [5.41, 5.74) is 2.28. The van der Waals surface area contributed by atoms with Gasteiger partial charge in [-0.05, 0) is 55.7 Å². The van der Waals surface area contributed by atoms with E-state index in [1.807, 2.05) is 30.5 Å². The van der Waals surface area contributed by atoms with E-state index >= 15 is 0 Å². The summed E-state index contributed by atoms with van der Waals surface area (Å²) in [5, 5.41) is 0. The fourth-order valence-corrected chi connectivity index (χ4v) is 2.78. The van der Waals surface area contributed by atoms with Crippen LogP contribution < -0.4 is 0 Å². The van der Waals surface area contributed by atoms with Crippen molar-refractivity contribution in [2.75, 3.05) is 0 Å². The van der Waals surface area contributed by atoms with Crippen LogP contribution in [0.3, 0.4) is 0 Å². The van der Waals surface area contributed by atoms with Gasteiger partial charge in [-0.2, -0.15) is 0 Å². The third-order valence-electron chi connectivity index (χ3n) is 2.82. The molecule has 0 N–H and O–H groups in total. The summed E-state index contributed by atoms with van der Waals surface area (Å²) in [6, 6.07) is 8.59. The van der Waals surface area contributed by atoms with Crippen LogP contribution in [0.25, 0.3) is 12.2 Å². The molecule has 1 nitrogen and oxygen atoms in total. The van der Waals surface area contributed by atoms with E-state index in [0.29, 0.717) is 0 Å². The zero-order chi connectivity index (χ0) is 12.8. The summed E-state index contributed by atoms with van der Waals surface area (Å²) in [6.45, 7) is 4.26. The van der Waals surface area contributed by atoms with Crippen LogP contribution in [-0.2, 0) is 6.42 Å². The molecule has 0 aliphatic rings. The Morgan fingerprint density at radius 1 is 1.22 bits per heavy atom. The molecule has 18 heavy (non-hydrogen) atoms. The van der Waals surface area contributed by atoms with Crippen molar-refractivity contribution in [1.82, 2.24) is 4.98 Å². The van der Waals surface area contributed by atoms with Crippen molar-refractivity contribution in [3.63, 3.8) is 0 Å². The summed E-state index contributed by atoms with van der Waals surface area (Å²) in [6.07, 6.45) is 9.96. The molecule has 0 aliphatic heterocycles. The number of rotatable bonds is 5. The van der Waals surface area contributed by atoms with Crippen LogP contribution in [0.15, 0.2) is 30.5 Å². The van der Waals surface area contributed by atoms with E-state index in [0.717, 1.165) is 5.69 Å². The molecule has 2 heterocycles. The van der Waals surface area contributed by atoms with E-state index in [1.165, 1.54) is 34.6 Å². The molecule has 0 saturated heterocycles. The molecule has 2 heteroatoms. The highest BCUT2D eigenvalue weighted by molar-refractivity contribution is 7.12. The number of pyridine rings is 1. The molecule has 0 radical (unpaired) electrons. The largest absolute Gasteiger partial charge is 0.262 e. The second-order valence-corrected chi connectivity index (χ2v) is 5.67. The van der Waals surface area contributed by atoms with Crippen molar-refractivity contribution in [2.24, 2.45) is 0 Å². The molecule has 94 valence electrons. The Hall–Kier alpha value is -1.41. The van der Waals surface area contributed by atoms with Gasteiger partial charge in [0.05, 0.1) is 0 Å². The number of thiophene rings is 1. The lowest BCUT2D eigenvalue weighted by atomic mass is 10.2. The maximum Gasteiger partial charge on any atom is 0.0378 e. The highest BCUT2D eigenvalue weighted by Gasteiger charge is 1.97. The van der Waals surface area contributed by atoms with Crippen LogP contribution in [-0.4, -0.2) is 4.98 Å². The van der Waals surface area contributed by atoms with Crippen molar-refractivity contribution in [3.05, 3.63) is 51.5 Å².